The molecule has 6 nitrogen and oxygen atoms in total. The predicted molar refractivity (Wildman–Crippen MR) is 74.2 cm³/mol. The van der Waals surface area contributed by atoms with E-state index in [-0.39, 0.29) is 11.8 Å². The first-order chi connectivity index (χ1) is 8.92. The highest BCUT2D eigenvalue weighted by Gasteiger charge is 2.18. The van der Waals surface area contributed by atoms with Crippen LogP contribution in [0.3, 0.4) is 0 Å². The van der Waals surface area contributed by atoms with Crippen molar-refractivity contribution in [2.45, 2.75) is 40.2 Å². The maximum absolute atomic E-state index is 12.1. The zero-order chi connectivity index (χ0) is 14.4. The van der Waals surface area contributed by atoms with Gasteiger partial charge in [0, 0.05) is 13.5 Å². The van der Waals surface area contributed by atoms with E-state index in [1.165, 1.54) is 0 Å². The number of nitrogens with zero attached hydrogens (tertiary/aromatic N) is 3. The van der Waals surface area contributed by atoms with Crippen LogP contribution in [0.5, 0.6) is 0 Å². The van der Waals surface area contributed by atoms with Gasteiger partial charge in [0.05, 0.1) is 6.54 Å². The number of amides is 1. The zero-order valence-electron chi connectivity index (χ0n) is 12.3. The summed E-state index contributed by atoms with van der Waals surface area (Å²) in [5, 5.41) is 6.80. The van der Waals surface area contributed by atoms with E-state index < -0.39 is 0 Å². The summed E-state index contributed by atoms with van der Waals surface area (Å²) in [7, 11) is 1.77. The number of rotatable bonds is 7. The Kier molecular flexibility index (Phi) is 5.95. The Bertz CT molecular complexity index is 401. The summed E-state index contributed by atoms with van der Waals surface area (Å²) in [5.74, 6) is 2.31. The Morgan fingerprint density at radius 1 is 1.47 bits per heavy atom. The Labute approximate surface area is 114 Å². The fourth-order valence-corrected chi connectivity index (χ4v) is 2.09. The number of H-pyrrole nitrogens is 1. The molecule has 1 rings (SSSR count). The van der Waals surface area contributed by atoms with Crippen molar-refractivity contribution < 1.29 is 4.79 Å². The van der Waals surface area contributed by atoms with E-state index in [0.29, 0.717) is 31.3 Å². The number of nitrogens with one attached hydrogen (secondary N) is 1. The van der Waals surface area contributed by atoms with Crippen LogP contribution in [0.15, 0.2) is 0 Å². The van der Waals surface area contributed by atoms with Gasteiger partial charge in [-0.3, -0.25) is 9.89 Å². The molecule has 0 unspecified atom stereocenters. The van der Waals surface area contributed by atoms with Gasteiger partial charge in [-0.1, -0.05) is 13.8 Å². The fraction of sp³-hybridized carbons (Fsp3) is 0.769. The number of aryl methyl sites for hydroxylation is 1. The SMILES string of the molecule is Cc1nc(CN(C)C(=O)C[C@@H](CN)CC(C)C)n[nH]1. The number of nitrogens with two attached hydrogens (primary N) is 1. The third kappa shape index (κ3) is 5.38. The van der Waals surface area contributed by atoms with E-state index in [1.54, 1.807) is 11.9 Å². The highest BCUT2D eigenvalue weighted by molar-refractivity contribution is 5.76. The lowest BCUT2D eigenvalue weighted by atomic mass is 9.94. The number of hydrogen-bond acceptors (Lipinski definition) is 4. The summed E-state index contributed by atoms with van der Waals surface area (Å²) in [5.41, 5.74) is 5.72. The molecule has 0 radical (unpaired) electrons. The normalized spacial score (nSPS) is 12.7. The molecule has 6 heteroatoms. The summed E-state index contributed by atoms with van der Waals surface area (Å²) < 4.78 is 0. The fourth-order valence-electron chi connectivity index (χ4n) is 2.09. The van der Waals surface area contributed by atoms with Gasteiger partial charge in [0.25, 0.3) is 0 Å². The number of aromatic amines is 1. The molecule has 0 aromatic carbocycles. The Morgan fingerprint density at radius 2 is 2.16 bits per heavy atom. The molecular weight excluding hydrogens is 242 g/mol. The summed E-state index contributed by atoms with van der Waals surface area (Å²) in [6.45, 7) is 7.12. The monoisotopic (exact) mass is 267 g/mol. The van der Waals surface area contributed by atoms with E-state index in [0.717, 1.165) is 12.2 Å². The average molecular weight is 267 g/mol. The second-order valence-corrected chi connectivity index (χ2v) is 5.52. The lowest BCUT2D eigenvalue weighted by Crippen LogP contribution is -2.30. The lowest BCUT2D eigenvalue weighted by Gasteiger charge is -2.21. The van der Waals surface area contributed by atoms with Gasteiger partial charge in [-0.15, -0.1) is 0 Å². The van der Waals surface area contributed by atoms with E-state index in [1.807, 2.05) is 6.92 Å². The topological polar surface area (TPSA) is 87.9 Å². The van der Waals surface area contributed by atoms with Gasteiger partial charge >= 0.3 is 0 Å². The molecule has 1 amide bonds. The lowest BCUT2D eigenvalue weighted by molar-refractivity contribution is -0.131. The largest absolute Gasteiger partial charge is 0.338 e. The first-order valence-electron chi connectivity index (χ1n) is 6.74. The molecule has 0 bridgehead atoms. The summed E-state index contributed by atoms with van der Waals surface area (Å²) >= 11 is 0. The smallest absolute Gasteiger partial charge is 0.223 e. The average Bonchev–Trinajstić information content (AvgIpc) is 2.73. The third-order valence-electron chi connectivity index (χ3n) is 3.05. The van der Waals surface area contributed by atoms with Crippen LogP contribution >= 0.6 is 0 Å². The molecule has 0 saturated heterocycles. The molecule has 0 aliphatic heterocycles. The number of carbonyl (C=O) groups is 1. The quantitative estimate of drug-likeness (QED) is 0.774. The first-order valence-corrected chi connectivity index (χ1v) is 6.74. The van der Waals surface area contributed by atoms with Crippen molar-refractivity contribution in [1.82, 2.24) is 20.1 Å². The standard InChI is InChI=1S/C13H25N5O/c1-9(2)5-11(7-14)6-13(19)18(4)8-12-15-10(3)16-17-12/h9,11H,5-8,14H2,1-4H3,(H,15,16,17)/t11-/m0/s1. The molecule has 108 valence electrons. The van der Waals surface area contributed by atoms with Crippen molar-refractivity contribution in [2.24, 2.45) is 17.6 Å². The molecule has 0 saturated carbocycles. The van der Waals surface area contributed by atoms with Crippen molar-refractivity contribution in [3.8, 4) is 0 Å². The van der Waals surface area contributed by atoms with E-state index in [2.05, 4.69) is 29.0 Å². The van der Waals surface area contributed by atoms with Gasteiger partial charge in [-0.05, 0) is 31.7 Å². The summed E-state index contributed by atoms with van der Waals surface area (Å²) in [6.07, 6.45) is 1.48. The molecule has 1 atom stereocenters. The zero-order valence-corrected chi connectivity index (χ0v) is 12.3. The van der Waals surface area contributed by atoms with Crippen molar-refractivity contribution in [3.05, 3.63) is 11.6 Å². The molecule has 1 aromatic heterocycles. The molecule has 3 N–H and O–H groups in total. The van der Waals surface area contributed by atoms with Crippen LogP contribution in [0.4, 0.5) is 0 Å². The van der Waals surface area contributed by atoms with Crippen molar-refractivity contribution in [2.75, 3.05) is 13.6 Å². The molecular formula is C13H25N5O. The van der Waals surface area contributed by atoms with Crippen LogP contribution in [0.25, 0.3) is 0 Å². The third-order valence-corrected chi connectivity index (χ3v) is 3.05. The van der Waals surface area contributed by atoms with Crippen LogP contribution in [0.1, 0.15) is 38.3 Å². The van der Waals surface area contributed by atoms with Crippen LogP contribution < -0.4 is 5.73 Å². The van der Waals surface area contributed by atoms with Gasteiger partial charge < -0.3 is 10.6 Å². The molecule has 19 heavy (non-hydrogen) atoms. The maximum Gasteiger partial charge on any atom is 0.223 e. The molecule has 0 aliphatic carbocycles. The predicted octanol–water partition coefficient (Wildman–Crippen LogP) is 1.08. The Balaban J connectivity index is 2.47. The second-order valence-electron chi connectivity index (χ2n) is 5.52. The van der Waals surface area contributed by atoms with Crippen molar-refractivity contribution in [3.63, 3.8) is 0 Å². The molecule has 1 aromatic rings. The van der Waals surface area contributed by atoms with Crippen LogP contribution in [-0.4, -0.2) is 39.6 Å². The Hall–Kier alpha value is -1.43. The van der Waals surface area contributed by atoms with Gasteiger partial charge in [-0.2, -0.15) is 5.10 Å². The van der Waals surface area contributed by atoms with Gasteiger partial charge in [0.15, 0.2) is 5.82 Å². The Morgan fingerprint density at radius 3 is 2.63 bits per heavy atom. The van der Waals surface area contributed by atoms with Gasteiger partial charge in [0.2, 0.25) is 5.91 Å². The minimum Gasteiger partial charge on any atom is -0.338 e. The van der Waals surface area contributed by atoms with Gasteiger partial charge in [-0.25, -0.2) is 4.98 Å². The van der Waals surface area contributed by atoms with Crippen molar-refractivity contribution >= 4 is 5.91 Å². The highest BCUT2D eigenvalue weighted by atomic mass is 16.2. The molecule has 1 heterocycles. The van der Waals surface area contributed by atoms with Gasteiger partial charge in [0.1, 0.15) is 5.82 Å². The van der Waals surface area contributed by atoms with Crippen molar-refractivity contribution in [1.29, 1.82) is 0 Å². The summed E-state index contributed by atoms with van der Waals surface area (Å²) in [4.78, 5) is 18.0. The van der Waals surface area contributed by atoms with E-state index in [9.17, 15) is 4.79 Å². The molecule has 0 fully saturated rings. The van der Waals surface area contributed by atoms with Crippen LogP contribution in [0, 0.1) is 18.8 Å². The minimum atomic E-state index is 0.0959. The van der Waals surface area contributed by atoms with E-state index >= 15 is 0 Å². The summed E-state index contributed by atoms with van der Waals surface area (Å²) in [6, 6.07) is 0. The molecule has 0 spiro atoms. The molecule has 0 aliphatic rings. The van der Waals surface area contributed by atoms with Crippen LogP contribution in [-0.2, 0) is 11.3 Å². The maximum atomic E-state index is 12.1. The van der Waals surface area contributed by atoms with Crippen LogP contribution in [0.2, 0.25) is 0 Å². The second kappa shape index (κ2) is 7.23. The number of carbonyl (C=O) groups excluding carboxylic acids is 1. The van der Waals surface area contributed by atoms with E-state index in [4.69, 9.17) is 5.73 Å². The minimum absolute atomic E-state index is 0.0959. The first kappa shape index (κ1) is 15.6. The number of aromatic nitrogens is 3. The number of hydrogen-bond donors (Lipinski definition) is 2. The highest BCUT2D eigenvalue weighted by Crippen LogP contribution is 2.15.